The Bertz CT molecular complexity index is 1140. The van der Waals surface area contributed by atoms with Crippen molar-refractivity contribution in [2.24, 2.45) is 11.8 Å². The van der Waals surface area contributed by atoms with Crippen LogP contribution in [0.5, 0.6) is 0 Å². The molecule has 0 unspecified atom stereocenters. The molecule has 14 nitrogen and oxygen atoms in total. The van der Waals surface area contributed by atoms with Crippen LogP contribution in [0.4, 0.5) is 0 Å². The number of aliphatic hydroxyl groups is 6. The van der Waals surface area contributed by atoms with Crippen molar-refractivity contribution in [3.05, 3.63) is 35.9 Å². The maximum atomic E-state index is 13.6. The number of carbonyl (C=O) groups is 3. The molecule has 3 aliphatic heterocycles. The predicted octanol–water partition coefficient (Wildman–Crippen LogP) is -2.22. The van der Waals surface area contributed by atoms with Crippen molar-refractivity contribution in [1.29, 1.82) is 0 Å². The summed E-state index contributed by atoms with van der Waals surface area (Å²) in [4.78, 5) is 39.3. The number of rotatable bonds is 5. The number of ether oxygens (including phenoxy) is 5. The quantitative estimate of drug-likeness (QED) is 0.203. The Kier molecular flexibility index (Phi) is 8.24. The van der Waals surface area contributed by atoms with Gasteiger partial charge >= 0.3 is 11.9 Å². The summed E-state index contributed by atoms with van der Waals surface area (Å²) in [6, 6.07) is 8.26. The van der Waals surface area contributed by atoms with Gasteiger partial charge in [0, 0.05) is 12.3 Å². The first-order chi connectivity index (χ1) is 19.4. The molecule has 1 spiro atoms. The largest absolute Gasteiger partial charge is 0.458 e. The zero-order chi connectivity index (χ0) is 29.7. The Morgan fingerprint density at radius 2 is 1.73 bits per heavy atom. The van der Waals surface area contributed by atoms with Gasteiger partial charge in [-0.1, -0.05) is 25.1 Å². The molecule has 1 aromatic rings. The monoisotopic (exact) mass is 582 g/mol. The first kappa shape index (κ1) is 29.9. The maximum absolute atomic E-state index is 13.6. The molecule has 41 heavy (non-hydrogen) atoms. The molecule has 0 radical (unpaired) electrons. The van der Waals surface area contributed by atoms with Gasteiger partial charge in [-0.05, 0) is 25.0 Å². The second-order valence-electron chi connectivity index (χ2n) is 11.1. The van der Waals surface area contributed by atoms with E-state index < -0.39 is 97.1 Å². The number of esters is 2. The average molecular weight is 583 g/mol. The van der Waals surface area contributed by atoms with E-state index in [4.69, 9.17) is 23.7 Å². The van der Waals surface area contributed by atoms with Crippen LogP contribution in [-0.2, 0) is 33.3 Å². The Labute approximate surface area is 234 Å². The molecular formula is C27H34O14. The van der Waals surface area contributed by atoms with Gasteiger partial charge in [0.1, 0.15) is 36.6 Å². The SMILES string of the molecule is C[C@@H]1CO[C@@]2(C[C@@H]1OC(=O)c1ccccc1)O[C@@H]1C[C@@H](C(=O)O[C@@H]3O[C@H](CO)[C@@H](O)[C@H](O)[C@H]3O)C[C@@H](O)[C@]1(O)C2=O. The average Bonchev–Trinajstić information content (AvgIpc) is 3.18. The molecule has 0 bridgehead atoms. The van der Waals surface area contributed by atoms with Crippen LogP contribution in [0.3, 0.4) is 0 Å². The fourth-order valence-corrected chi connectivity index (χ4v) is 5.87. The first-order valence-electron chi connectivity index (χ1n) is 13.5. The van der Waals surface area contributed by atoms with Gasteiger partial charge in [0.2, 0.25) is 17.9 Å². The van der Waals surface area contributed by atoms with Crippen LogP contribution in [0.1, 0.15) is 36.5 Å². The summed E-state index contributed by atoms with van der Waals surface area (Å²) in [6.45, 7) is 0.978. The smallest absolute Gasteiger partial charge is 0.338 e. The number of Topliss-reactive ketones (excluding diaryl/α,β-unsaturated/α-hetero) is 1. The summed E-state index contributed by atoms with van der Waals surface area (Å²) in [6.07, 6.45) is -13.3. The second-order valence-corrected chi connectivity index (χ2v) is 11.1. The van der Waals surface area contributed by atoms with Gasteiger partial charge in [-0.25, -0.2) is 4.79 Å². The normalized spacial score (nSPS) is 44.3. The minimum Gasteiger partial charge on any atom is -0.458 e. The predicted molar refractivity (Wildman–Crippen MR) is 132 cm³/mol. The number of hydrogen-bond acceptors (Lipinski definition) is 14. The molecule has 1 aliphatic carbocycles. The lowest BCUT2D eigenvalue weighted by atomic mass is 9.72. The summed E-state index contributed by atoms with van der Waals surface area (Å²) >= 11 is 0. The molecule has 4 fully saturated rings. The summed E-state index contributed by atoms with van der Waals surface area (Å²) in [5.74, 6) is -6.06. The van der Waals surface area contributed by atoms with Gasteiger partial charge in [-0.2, -0.15) is 0 Å². The van der Waals surface area contributed by atoms with E-state index in [2.05, 4.69) is 0 Å². The van der Waals surface area contributed by atoms with Crippen molar-refractivity contribution >= 4 is 17.7 Å². The lowest BCUT2D eigenvalue weighted by Gasteiger charge is -2.41. The van der Waals surface area contributed by atoms with E-state index in [0.29, 0.717) is 5.56 Å². The molecule has 3 saturated heterocycles. The zero-order valence-electron chi connectivity index (χ0n) is 22.1. The molecule has 4 aliphatic rings. The molecular weight excluding hydrogens is 548 g/mol. The molecule has 1 aromatic carbocycles. The molecule has 0 aromatic heterocycles. The zero-order valence-corrected chi connectivity index (χ0v) is 22.1. The second kappa shape index (κ2) is 11.3. The van der Waals surface area contributed by atoms with Crippen LogP contribution in [0.15, 0.2) is 30.3 Å². The highest BCUT2D eigenvalue weighted by atomic mass is 16.7. The third-order valence-corrected chi connectivity index (χ3v) is 8.41. The summed E-state index contributed by atoms with van der Waals surface area (Å²) in [5, 5.41) is 61.7. The highest BCUT2D eigenvalue weighted by Crippen LogP contribution is 2.49. The van der Waals surface area contributed by atoms with Crippen LogP contribution < -0.4 is 0 Å². The number of benzene rings is 1. The minimum atomic E-state index is -2.42. The van der Waals surface area contributed by atoms with E-state index in [1.807, 2.05) is 0 Å². The fraction of sp³-hybridized carbons (Fsp3) is 0.667. The summed E-state index contributed by atoms with van der Waals surface area (Å²) < 4.78 is 27.8. The molecule has 3 heterocycles. The molecule has 226 valence electrons. The third kappa shape index (κ3) is 5.17. The Morgan fingerprint density at radius 3 is 2.41 bits per heavy atom. The van der Waals surface area contributed by atoms with E-state index in [1.54, 1.807) is 37.3 Å². The van der Waals surface area contributed by atoms with Gasteiger partial charge in [-0.3, -0.25) is 9.59 Å². The van der Waals surface area contributed by atoms with Crippen LogP contribution in [0.2, 0.25) is 0 Å². The number of carbonyl (C=O) groups excluding carboxylic acids is 3. The van der Waals surface area contributed by atoms with E-state index in [0.717, 1.165) is 0 Å². The van der Waals surface area contributed by atoms with Crippen LogP contribution >= 0.6 is 0 Å². The van der Waals surface area contributed by atoms with Gasteiger partial charge in [-0.15, -0.1) is 0 Å². The van der Waals surface area contributed by atoms with Crippen LogP contribution in [0, 0.1) is 11.8 Å². The molecule has 14 heteroatoms. The number of aliphatic hydroxyl groups excluding tert-OH is 5. The topological polar surface area (TPSA) is 219 Å². The fourth-order valence-electron chi connectivity index (χ4n) is 5.87. The Morgan fingerprint density at radius 1 is 1.02 bits per heavy atom. The Hall–Kier alpha value is -2.53. The maximum Gasteiger partial charge on any atom is 0.338 e. The molecule has 0 amide bonds. The molecule has 5 rings (SSSR count). The van der Waals surface area contributed by atoms with Gasteiger partial charge in [0.15, 0.2) is 5.60 Å². The van der Waals surface area contributed by atoms with Crippen molar-refractivity contribution in [2.75, 3.05) is 13.2 Å². The van der Waals surface area contributed by atoms with E-state index >= 15 is 0 Å². The number of fused-ring (bicyclic) bond motifs is 1. The van der Waals surface area contributed by atoms with Crippen molar-refractivity contribution < 1.29 is 68.7 Å². The van der Waals surface area contributed by atoms with E-state index in [-0.39, 0.29) is 25.4 Å². The van der Waals surface area contributed by atoms with Gasteiger partial charge in [0.05, 0.1) is 30.8 Å². The van der Waals surface area contributed by atoms with Crippen LogP contribution in [0.25, 0.3) is 0 Å². The van der Waals surface area contributed by atoms with Gasteiger partial charge in [0.25, 0.3) is 0 Å². The van der Waals surface area contributed by atoms with E-state index in [9.17, 15) is 45.0 Å². The van der Waals surface area contributed by atoms with Crippen molar-refractivity contribution in [3.8, 4) is 0 Å². The molecule has 1 saturated carbocycles. The molecule has 12 atom stereocenters. The van der Waals surface area contributed by atoms with Crippen molar-refractivity contribution in [3.63, 3.8) is 0 Å². The number of hydrogen-bond donors (Lipinski definition) is 6. The lowest BCUT2D eigenvalue weighted by molar-refractivity contribution is -0.295. The minimum absolute atomic E-state index is 0.0556. The van der Waals surface area contributed by atoms with E-state index in [1.165, 1.54) is 0 Å². The molecule has 6 N–H and O–H groups in total. The van der Waals surface area contributed by atoms with Crippen molar-refractivity contribution in [2.45, 2.75) is 86.6 Å². The Balaban J connectivity index is 1.29. The highest BCUT2D eigenvalue weighted by molar-refractivity contribution is 5.97. The summed E-state index contributed by atoms with van der Waals surface area (Å²) in [7, 11) is 0. The highest BCUT2D eigenvalue weighted by Gasteiger charge is 2.71. The first-order valence-corrected chi connectivity index (χ1v) is 13.5. The lowest BCUT2D eigenvalue weighted by Crippen LogP contribution is -2.62. The standard InChI is InChI=1S/C27H34O14/c1-12-11-37-26(9-15(12)38-22(33)13-5-3-2-4-6-13)25(35)27(36)17(29)7-14(8-18(27)41-26)23(34)40-24-21(32)20(31)19(30)16(10-28)39-24/h2-6,12,14-21,24,28-32,36H,7-11H2,1H3/t12-,14+,15+,16-,17-,18-,19-,20+,21-,24+,26+,27-/m1/s1. The third-order valence-electron chi connectivity index (χ3n) is 8.41. The van der Waals surface area contributed by atoms with Crippen LogP contribution in [-0.4, -0.2) is 122 Å². The number of ketones is 1. The van der Waals surface area contributed by atoms with Gasteiger partial charge < -0.3 is 54.3 Å². The van der Waals surface area contributed by atoms with Crippen molar-refractivity contribution in [1.82, 2.24) is 0 Å². The summed E-state index contributed by atoms with van der Waals surface area (Å²) in [5.41, 5.74) is -2.11.